The molecule has 1 aromatic rings. The van der Waals surface area contributed by atoms with Crippen LogP contribution in [0.5, 0.6) is 6.01 Å². The molecule has 0 fully saturated rings. The van der Waals surface area contributed by atoms with Crippen LogP contribution in [0.4, 0.5) is 10.7 Å². The van der Waals surface area contributed by atoms with Crippen molar-refractivity contribution in [2.24, 2.45) is 0 Å². The number of halogens is 3. The normalized spacial score (nSPS) is 11.9. The maximum absolute atomic E-state index is 11.5. The molecule has 0 radical (unpaired) electrons. The molecule has 2 N–H and O–H groups in total. The predicted octanol–water partition coefficient (Wildman–Crippen LogP) is 0.942. The Hall–Kier alpha value is -1.14. The third kappa shape index (κ3) is 7.22. The highest BCUT2D eigenvalue weighted by Crippen LogP contribution is 2.26. The first-order valence-corrected chi connectivity index (χ1v) is 7.86. The van der Waals surface area contributed by atoms with Gasteiger partial charge in [0.05, 0.1) is 7.11 Å². The van der Waals surface area contributed by atoms with E-state index >= 15 is 0 Å². The second-order valence-corrected chi connectivity index (χ2v) is 7.44. The number of aryl methyl sites for hydroxylation is 1. The van der Waals surface area contributed by atoms with Gasteiger partial charge in [0.1, 0.15) is 12.4 Å². The van der Waals surface area contributed by atoms with Crippen molar-refractivity contribution in [2.75, 3.05) is 19.0 Å². The monoisotopic (exact) mass is 393 g/mol. The summed E-state index contributed by atoms with van der Waals surface area (Å²) in [4.78, 5) is 22.8. The molecular weight excluding hydrogens is 385 g/mol. The highest BCUT2D eigenvalue weighted by molar-refractivity contribution is 7.85. The fourth-order valence-electron chi connectivity index (χ4n) is 1.02. The first kappa shape index (κ1) is 18.9. The van der Waals surface area contributed by atoms with Crippen molar-refractivity contribution < 1.29 is 22.1 Å². The minimum Gasteiger partial charge on any atom is -0.467 e. The van der Waals surface area contributed by atoms with Gasteiger partial charge >= 0.3 is 22.3 Å². The number of nitrogens with zero attached hydrogens (tertiary/aromatic N) is 3. The van der Waals surface area contributed by atoms with Crippen molar-refractivity contribution in [3.05, 3.63) is 5.82 Å². The fourth-order valence-corrected chi connectivity index (χ4v) is 2.05. The molecule has 0 aromatic carbocycles. The summed E-state index contributed by atoms with van der Waals surface area (Å²) in [6, 6.07) is -1.24. The van der Waals surface area contributed by atoms with E-state index in [0.29, 0.717) is 0 Å². The number of amides is 2. The maximum Gasteiger partial charge on any atom is 0.363 e. The molecule has 10 nitrogen and oxygen atoms in total. The second-order valence-electron chi connectivity index (χ2n) is 3.58. The zero-order valence-electron chi connectivity index (χ0n) is 11.1. The summed E-state index contributed by atoms with van der Waals surface area (Å²) in [5.74, 6) is 0.0240. The topological polar surface area (TPSA) is 132 Å². The molecule has 0 atom stereocenters. The van der Waals surface area contributed by atoms with Gasteiger partial charge in [-0.05, 0) is 6.92 Å². The van der Waals surface area contributed by atoms with Crippen molar-refractivity contribution in [1.82, 2.24) is 19.7 Å². The predicted molar refractivity (Wildman–Crippen MR) is 78.4 cm³/mol. The maximum atomic E-state index is 11.5. The van der Waals surface area contributed by atoms with Crippen LogP contribution in [0.3, 0.4) is 0 Å². The fraction of sp³-hybridized carbons (Fsp3) is 0.500. The summed E-state index contributed by atoms with van der Waals surface area (Å²) < 4.78 is 31.5. The van der Waals surface area contributed by atoms with Gasteiger partial charge in [0.15, 0.2) is 0 Å². The van der Waals surface area contributed by atoms with Crippen LogP contribution in [-0.4, -0.2) is 46.9 Å². The Morgan fingerprint density at radius 3 is 2.45 bits per heavy atom. The number of anilines is 1. The Morgan fingerprint density at radius 1 is 1.27 bits per heavy atom. The summed E-state index contributed by atoms with van der Waals surface area (Å²) in [5, 5.41) is 2.06. The second kappa shape index (κ2) is 7.42. The van der Waals surface area contributed by atoms with E-state index in [-0.39, 0.29) is 17.8 Å². The smallest absolute Gasteiger partial charge is 0.363 e. The molecule has 0 unspecified atom stereocenters. The number of carbonyl (C=O) groups excluding carboxylic acids is 1. The van der Waals surface area contributed by atoms with Gasteiger partial charge in [-0.3, -0.25) is 5.32 Å². The standard InChI is InChI=1S/C8H10Cl3N5O5S/c1-4-12-5(15-7(13-4)20-2)14-6(17)16-22(18,19)21-3-8(9,10)11/h3H2,1-2H3,(H2,12,13,14,15,16,17). The molecule has 0 aliphatic carbocycles. The molecule has 22 heavy (non-hydrogen) atoms. The average Bonchev–Trinajstić information content (AvgIpc) is 2.34. The van der Waals surface area contributed by atoms with E-state index in [9.17, 15) is 13.2 Å². The molecule has 0 bridgehead atoms. The molecule has 1 rings (SSSR count). The largest absolute Gasteiger partial charge is 0.467 e. The molecule has 0 saturated heterocycles. The van der Waals surface area contributed by atoms with Gasteiger partial charge in [-0.2, -0.15) is 23.4 Å². The van der Waals surface area contributed by atoms with Gasteiger partial charge in [-0.15, -0.1) is 0 Å². The molecule has 124 valence electrons. The Balaban J connectivity index is 2.68. The highest BCUT2D eigenvalue weighted by atomic mass is 35.6. The molecule has 0 spiro atoms. The molecule has 2 amide bonds. The number of ether oxygens (including phenoxy) is 1. The van der Waals surface area contributed by atoms with E-state index in [1.54, 1.807) is 0 Å². The molecule has 1 heterocycles. The van der Waals surface area contributed by atoms with Crippen molar-refractivity contribution in [3.8, 4) is 6.01 Å². The lowest BCUT2D eigenvalue weighted by Crippen LogP contribution is -2.37. The molecule has 14 heteroatoms. The van der Waals surface area contributed by atoms with Crippen LogP contribution < -0.4 is 14.8 Å². The Morgan fingerprint density at radius 2 is 1.91 bits per heavy atom. The van der Waals surface area contributed by atoms with Crippen molar-refractivity contribution >= 4 is 57.1 Å². The lowest BCUT2D eigenvalue weighted by molar-refractivity contribution is 0.253. The molecule has 1 aromatic heterocycles. The lowest BCUT2D eigenvalue weighted by atomic mass is 10.7. The first-order chi connectivity index (χ1) is 10.0. The number of aromatic nitrogens is 3. The summed E-state index contributed by atoms with van der Waals surface area (Å²) >= 11 is 16.0. The highest BCUT2D eigenvalue weighted by Gasteiger charge is 2.25. The number of nitrogens with one attached hydrogen (secondary N) is 2. The van der Waals surface area contributed by atoms with Crippen LogP contribution in [0.1, 0.15) is 5.82 Å². The summed E-state index contributed by atoms with van der Waals surface area (Å²) in [7, 11) is -3.16. The number of alkyl halides is 3. The zero-order valence-corrected chi connectivity index (χ0v) is 14.2. The molecule has 0 aliphatic heterocycles. The van der Waals surface area contributed by atoms with E-state index in [4.69, 9.17) is 39.5 Å². The lowest BCUT2D eigenvalue weighted by Gasteiger charge is -2.12. The van der Waals surface area contributed by atoms with E-state index in [2.05, 4.69) is 24.5 Å². The van der Waals surface area contributed by atoms with Gasteiger partial charge in [0, 0.05) is 0 Å². The van der Waals surface area contributed by atoms with Crippen LogP contribution in [0.2, 0.25) is 0 Å². The van der Waals surface area contributed by atoms with Crippen molar-refractivity contribution in [1.29, 1.82) is 0 Å². The first-order valence-electron chi connectivity index (χ1n) is 5.32. The number of carbonyl (C=O) groups is 1. The SMILES string of the molecule is COc1nc(C)nc(NC(=O)NS(=O)(=O)OCC(Cl)(Cl)Cl)n1. The summed E-state index contributed by atoms with van der Waals surface area (Å²) in [6.45, 7) is 0.743. The number of rotatable bonds is 5. The van der Waals surface area contributed by atoms with E-state index < -0.39 is 26.7 Å². The van der Waals surface area contributed by atoms with Crippen molar-refractivity contribution in [3.63, 3.8) is 0 Å². The van der Waals surface area contributed by atoms with Gasteiger partial charge < -0.3 is 4.74 Å². The third-order valence-corrected chi connectivity index (χ3v) is 2.92. The van der Waals surface area contributed by atoms with E-state index in [1.165, 1.54) is 18.8 Å². The van der Waals surface area contributed by atoms with E-state index in [1.807, 2.05) is 0 Å². The van der Waals surface area contributed by atoms with Crippen molar-refractivity contribution in [2.45, 2.75) is 10.7 Å². The minimum atomic E-state index is -4.48. The van der Waals surface area contributed by atoms with Crippen LogP contribution in [0, 0.1) is 6.92 Å². The minimum absolute atomic E-state index is 0.0573. The third-order valence-electron chi connectivity index (χ3n) is 1.73. The van der Waals surface area contributed by atoms with Crippen LogP contribution in [0.25, 0.3) is 0 Å². The average molecular weight is 395 g/mol. The summed E-state index contributed by atoms with van der Waals surface area (Å²) in [6.07, 6.45) is 0. The van der Waals surface area contributed by atoms with Gasteiger partial charge in [-0.25, -0.2) is 13.7 Å². The number of hydrogen-bond donors (Lipinski definition) is 2. The van der Waals surface area contributed by atoms with E-state index in [0.717, 1.165) is 0 Å². The molecule has 0 aliphatic rings. The Labute approximate surface area is 140 Å². The van der Waals surface area contributed by atoms with Gasteiger partial charge in [0.25, 0.3) is 0 Å². The number of methoxy groups -OCH3 is 1. The van der Waals surface area contributed by atoms with Crippen LogP contribution in [0.15, 0.2) is 0 Å². The Kier molecular flexibility index (Phi) is 6.38. The quantitative estimate of drug-likeness (QED) is 0.705. The van der Waals surface area contributed by atoms with Crippen LogP contribution >= 0.6 is 34.8 Å². The van der Waals surface area contributed by atoms with Gasteiger partial charge in [0.2, 0.25) is 9.74 Å². The molecule has 0 saturated carbocycles. The summed E-state index contributed by atoms with van der Waals surface area (Å²) in [5.41, 5.74) is 0. The molecular formula is C8H10Cl3N5O5S. The number of urea groups is 1. The zero-order chi connectivity index (χ0) is 17.0. The van der Waals surface area contributed by atoms with Crippen LogP contribution in [-0.2, 0) is 14.5 Å². The van der Waals surface area contributed by atoms with Gasteiger partial charge in [-0.1, -0.05) is 34.8 Å². The number of hydrogen-bond acceptors (Lipinski definition) is 8. The Bertz CT molecular complexity index is 650.